The molecule has 0 atom stereocenters. The van der Waals surface area contributed by atoms with E-state index in [1.165, 1.54) is 0 Å². The first kappa shape index (κ1) is 12.0. The maximum Gasteiger partial charge on any atom is 0.229 e. The van der Waals surface area contributed by atoms with Gasteiger partial charge in [0.1, 0.15) is 0 Å². The molecule has 0 radical (unpaired) electrons. The second kappa shape index (κ2) is 5.72. The van der Waals surface area contributed by atoms with E-state index in [-0.39, 0.29) is 0 Å². The number of hydrogen-bond donors (Lipinski definition) is 2. The molecule has 3 aromatic rings. The molecule has 0 fully saturated rings. The summed E-state index contributed by atoms with van der Waals surface area (Å²) in [5.41, 5.74) is 1.56. The monoisotopic (exact) mass is 242 g/mol. The molecule has 3 aromatic heterocycles. The average Bonchev–Trinajstić information content (AvgIpc) is 2.90. The Bertz CT molecular complexity index is 604. The zero-order valence-electron chi connectivity index (χ0n) is 10.3. The summed E-state index contributed by atoms with van der Waals surface area (Å²) < 4.78 is 0. The molecular weight excluding hydrogens is 228 g/mol. The number of H-pyrrole nitrogens is 1. The Labute approximate surface area is 105 Å². The van der Waals surface area contributed by atoms with Crippen molar-refractivity contribution in [1.29, 1.82) is 0 Å². The average molecular weight is 242 g/mol. The highest BCUT2D eigenvalue weighted by Crippen LogP contribution is 2.13. The molecule has 0 aliphatic carbocycles. The molecule has 3 rings (SSSR count). The van der Waals surface area contributed by atoms with E-state index in [1.54, 1.807) is 24.8 Å². The Morgan fingerprint density at radius 3 is 2.83 bits per heavy atom. The van der Waals surface area contributed by atoms with Gasteiger partial charge >= 0.3 is 0 Å². The smallest absolute Gasteiger partial charge is 0.229 e. The van der Waals surface area contributed by atoms with Crippen LogP contribution in [0.1, 0.15) is 13.8 Å². The van der Waals surface area contributed by atoms with Crippen molar-refractivity contribution in [3.63, 3.8) is 0 Å². The van der Waals surface area contributed by atoms with Crippen LogP contribution in [0.15, 0.2) is 36.9 Å². The van der Waals surface area contributed by atoms with E-state index in [4.69, 9.17) is 0 Å². The number of aromatic amines is 1. The maximum atomic E-state index is 4.26. The van der Waals surface area contributed by atoms with Gasteiger partial charge < -0.3 is 5.32 Å². The highest BCUT2D eigenvalue weighted by molar-refractivity contribution is 5.74. The summed E-state index contributed by atoms with van der Waals surface area (Å²) in [5.74, 6) is 0.518. The largest absolute Gasteiger partial charge is 0.323 e. The van der Waals surface area contributed by atoms with Gasteiger partial charge in [-0.05, 0) is 12.1 Å². The number of nitrogens with one attached hydrogen (secondary N) is 2. The molecule has 18 heavy (non-hydrogen) atoms. The van der Waals surface area contributed by atoms with Crippen molar-refractivity contribution in [1.82, 2.24) is 25.1 Å². The van der Waals surface area contributed by atoms with Gasteiger partial charge in [-0.15, -0.1) is 0 Å². The topological polar surface area (TPSA) is 79.4 Å². The fourth-order valence-electron chi connectivity index (χ4n) is 1.36. The third-order valence-corrected chi connectivity index (χ3v) is 2.11. The van der Waals surface area contributed by atoms with Crippen LogP contribution < -0.4 is 5.32 Å². The van der Waals surface area contributed by atoms with Crippen molar-refractivity contribution in [3.8, 4) is 0 Å². The fourth-order valence-corrected chi connectivity index (χ4v) is 1.36. The first-order chi connectivity index (χ1) is 8.92. The van der Waals surface area contributed by atoms with Crippen LogP contribution >= 0.6 is 0 Å². The minimum atomic E-state index is 0.518. The molecule has 2 N–H and O–H groups in total. The Balaban J connectivity index is 0.000000574. The Hall–Kier alpha value is -2.50. The van der Waals surface area contributed by atoms with Crippen LogP contribution in [0.25, 0.3) is 11.0 Å². The van der Waals surface area contributed by atoms with Gasteiger partial charge in [-0.3, -0.25) is 10.1 Å². The molecule has 0 aliphatic heterocycles. The quantitative estimate of drug-likeness (QED) is 0.721. The molecule has 3 heterocycles. The van der Waals surface area contributed by atoms with Crippen molar-refractivity contribution in [2.24, 2.45) is 0 Å². The van der Waals surface area contributed by atoms with Crippen LogP contribution in [0.5, 0.6) is 0 Å². The highest BCUT2D eigenvalue weighted by Gasteiger charge is 2.01. The lowest BCUT2D eigenvalue weighted by atomic mass is 10.4. The van der Waals surface area contributed by atoms with E-state index >= 15 is 0 Å². The molecular formula is C12H14N6. The molecule has 0 aliphatic rings. The van der Waals surface area contributed by atoms with Crippen molar-refractivity contribution < 1.29 is 0 Å². The number of nitrogens with zero attached hydrogens (tertiary/aromatic N) is 4. The molecule has 0 spiro atoms. The van der Waals surface area contributed by atoms with Gasteiger partial charge in [0.15, 0.2) is 5.65 Å². The lowest BCUT2D eigenvalue weighted by molar-refractivity contribution is 1.09. The SMILES string of the molecule is CC.c1cncc(Nc2ncc3cn[nH]c3n2)c1. The molecule has 0 aromatic carbocycles. The first-order valence-corrected chi connectivity index (χ1v) is 5.75. The summed E-state index contributed by atoms with van der Waals surface area (Å²) in [6, 6.07) is 3.74. The van der Waals surface area contributed by atoms with Crippen molar-refractivity contribution >= 4 is 22.7 Å². The molecule has 92 valence electrons. The number of pyridine rings is 1. The Morgan fingerprint density at radius 2 is 2.06 bits per heavy atom. The van der Waals surface area contributed by atoms with E-state index in [1.807, 2.05) is 26.0 Å². The molecule has 6 heteroatoms. The number of aromatic nitrogens is 5. The number of rotatable bonds is 2. The molecule has 0 saturated carbocycles. The lowest BCUT2D eigenvalue weighted by Crippen LogP contribution is -1.96. The predicted octanol–water partition coefficient (Wildman–Crippen LogP) is 2.52. The number of hydrogen-bond acceptors (Lipinski definition) is 5. The van der Waals surface area contributed by atoms with Crippen molar-refractivity contribution in [2.75, 3.05) is 5.32 Å². The Kier molecular flexibility index (Phi) is 3.80. The molecule has 0 bridgehead atoms. The van der Waals surface area contributed by atoms with Crippen LogP contribution in [-0.4, -0.2) is 25.1 Å². The van der Waals surface area contributed by atoms with Gasteiger partial charge in [-0.1, -0.05) is 13.8 Å². The maximum absolute atomic E-state index is 4.26. The van der Waals surface area contributed by atoms with E-state index in [0.29, 0.717) is 11.6 Å². The number of fused-ring (bicyclic) bond motifs is 1. The van der Waals surface area contributed by atoms with Crippen molar-refractivity contribution in [3.05, 3.63) is 36.9 Å². The second-order valence-electron chi connectivity index (χ2n) is 3.23. The van der Waals surface area contributed by atoms with Crippen molar-refractivity contribution in [2.45, 2.75) is 13.8 Å². The molecule has 0 saturated heterocycles. The molecule has 6 nitrogen and oxygen atoms in total. The normalized spacial score (nSPS) is 9.67. The fraction of sp³-hybridized carbons (Fsp3) is 0.167. The van der Waals surface area contributed by atoms with Gasteiger partial charge in [0.25, 0.3) is 0 Å². The van der Waals surface area contributed by atoms with Gasteiger partial charge in [0.2, 0.25) is 5.95 Å². The van der Waals surface area contributed by atoms with Crippen LogP contribution in [0.3, 0.4) is 0 Å². The minimum absolute atomic E-state index is 0.518. The third-order valence-electron chi connectivity index (χ3n) is 2.11. The van der Waals surface area contributed by atoms with E-state index in [9.17, 15) is 0 Å². The van der Waals surface area contributed by atoms with Crippen LogP contribution in [0, 0.1) is 0 Å². The zero-order valence-corrected chi connectivity index (χ0v) is 10.3. The summed E-state index contributed by atoms with van der Waals surface area (Å²) in [7, 11) is 0. The van der Waals surface area contributed by atoms with E-state index in [2.05, 4.69) is 30.5 Å². The third kappa shape index (κ3) is 2.60. The van der Waals surface area contributed by atoms with Gasteiger partial charge in [-0.2, -0.15) is 10.1 Å². The molecule has 0 unspecified atom stereocenters. The summed E-state index contributed by atoms with van der Waals surface area (Å²) in [6.45, 7) is 4.00. The van der Waals surface area contributed by atoms with E-state index in [0.717, 1.165) is 11.1 Å². The van der Waals surface area contributed by atoms with Gasteiger partial charge in [-0.25, -0.2) is 4.98 Å². The second-order valence-corrected chi connectivity index (χ2v) is 3.23. The van der Waals surface area contributed by atoms with Crippen LogP contribution in [0.2, 0.25) is 0 Å². The first-order valence-electron chi connectivity index (χ1n) is 5.75. The summed E-state index contributed by atoms with van der Waals surface area (Å²) >= 11 is 0. The molecule has 0 amide bonds. The Morgan fingerprint density at radius 1 is 1.17 bits per heavy atom. The van der Waals surface area contributed by atoms with Gasteiger partial charge in [0, 0.05) is 12.4 Å². The van der Waals surface area contributed by atoms with E-state index < -0.39 is 0 Å². The summed E-state index contributed by atoms with van der Waals surface area (Å²) in [6.07, 6.45) is 6.82. The predicted molar refractivity (Wildman–Crippen MR) is 70.6 cm³/mol. The zero-order chi connectivity index (χ0) is 12.8. The van der Waals surface area contributed by atoms with Crippen LogP contribution in [0.4, 0.5) is 11.6 Å². The highest BCUT2D eigenvalue weighted by atomic mass is 15.2. The van der Waals surface area contributed by atoms with Crippen LogP contribution in [-0.2, 0) is 0 Å². The summed E-state index contributed by atoms with van der Waals surface area (Å²) in [4.78, 5) is 12.4. The minimum Gasteiger partial charge on any atom is -0.323 e. The number of anilines is 2. The lowest BCUT2D eigenvalue weighted by Gasteiger charge is -2.02. The summed E-state index contributed by atoms with van der Waals surface area (Å²) in [5, 5.41) is 10.6. The van der Waals surface area contributed by atoms with Gasteiger partial charge in [0.05, 0.1) is 23.5 Å². The standard InChI is InChI=1S/C10H8N6.C2H6/c1-2-8(6-11-3-1)14-10-12-4-7-5-13-16-9(7)15-10;1-2/h1-6H,(H2,12,13,14,15,16);1-2H3.